The molecule has 1 aliphatic carbocycles. The Morgan fingerprint density at radius 1 is 1.37 bits per heavy atom. The van der Waals surface area contributed by atoms with E-state index in [9.17, 15) is 14.7 Å². The number of amides is 1. The first-order valence-electron chi connectivity index (χ1n) is 6.18. The molecule has 3 atom stereocenters. The van der Waals surface area contributed by atoms with Gasteiger partial charge in [0.2, 0.25) is 0 Å². The summed E-state index contributed by atoms with van der Waals surface area (Å²) in [4.78, 5) is 22.8. The van der Waals surface area contributed by atoms with Crippen molar-refractivity contribution in [3.05, 3.63) is 41.5 Å². The van der Waals surface area contributed by atoms with E-state index in [0.29, 0.717) is 11.3 Å². The molecule has 1 amide bonds. The maximum absolute atomic E-state index is 11.5. The van der Waals surface area contributed by atoms with E-state index in [2.05, 4.69) is 5.32 Å². The van der Waals surface area contributed by atoms with Gasteiger partial charge in [0.1, 0.15) is 6.04 Å². The van der Waals surface area contributed by atoms with Crippen molar-refractivity contribution in [3.63, 3.8) is 0 Å². The van der Waals surface area contributed by atoms with Crippen LogP contribution in [0.4, 0.5) is 5.69 Å². The van der Waals surface area contributed by atoms with Crippen molar-refractivity contribution >= 4 is 17.6 Å². The van der Waals surface area contributed by atoms with E-state index >= 15 is 0 Å². The van der Waals surface area contributed by atoms with Crippen molar-refractivity contribution in [2.24, 2.45) is 11.7 Å². The third-order valence-corrected chi connectivity index (χ3v) is 3.93. The Kier molecular flexibility index (Phi) is 2.55. The van der Waals surface area contributed by atoms with Gasteiger partial charge >= 0.3 is 5.97 Å². The first-order chi connectivity index (χ1) is 9.09. The van der Waals surface area contributed by atoms with Gasteiger partial charge in [-0.05, 0) is 18.1 Å². The number of aliphatic carboxylic acids is 1. The maximum atomic E-state index is 11.5. The summed E-state index contributed by atoms with van der Waals surface area (Å²) >= 11 is 0. The number of hydrogen-bond acceptors (Lipinski definition) is 3. The van der Waals surface area contributed by atoms with Crippen molar-refractivity contribution in [2.75, 3.05) is 5.32 Å². The molecule has 0 radical (unpaired) electrons. The Bertz CT molecular complexity index is 594. The Balaban J connectivity index is 2.15. The number of allylic oxidation sites excluding steroid dienone is 2. The summed E-state index contributed by atoms with van der Waals surface area (Å²) < 4.78 is 0. The van der Waals surface area contributed by atoms with Crippen LogP contribution in [-0.2, 0) is 4.79 Å². The summed E-state index contributed by atoms with van der Waals surface area (Å²) in [5.74, 6) is -1.41. The third kappa shape index (κ3) is 1.69. The number of fused-ring (bicyclic) bond motifs is 3. The first kappa shape index (κ1) is 11.8. The Morgan fingerprint density at radius 2 is 2.16 bits per heavy atom. The zero-order valence-electron chi connectivity index (χ0n) is 10.2. The molecule has 5 nitrogen and oxygen atoms in total. The number of anilines is 1. The van der Waals surface area contributed by atoms with E-state index in [4.69, 9.17) is 5.73 Å². The highest BCUT2D eigenvalue weighted by Gasteiger charge is 2.41. The van der Waals surface area contributed by atoms with E-state index < -0.39 is 17.9 Å². The number of benzene rings is 1. The monoisotopic (exact) mass is 258 g/mol. The van der Waals surface area contributed by atoms with E-state index in [1.807, 2.05) is 18.2 Å². The second-order valence-corrected chi connectivity index (χ2v) is 4.95. The minimum atomic E-state index is -0.899. The van der Waals surface area contributed by atoms with Crippen LogP contribution in [0.2, 0.25) is 0 Å². The van der Waals surface area contributed by atoms with Gasteiger partial charge in [-0.2, -0.15) is 0 Å². The number of nitrogens with one attached hydrogen (secondary N) is 1. The molecule has 19 heavy (non-hydrogen) atoms. The van der Waals surface area contributed by atoms with Crippen molar-refractivity contribution in [1.82, 2.24) is 0 Å². The molecule has 0 unspecified atom stereocenters. The zero-order chi connectivity index (χ0) is 13.6. The lowest BCUT2D eigenvalue weighted by Gasteiger charge is -2.35. The van der Waals surface area contributed by atoms with Crippen LogP contribution in [0, 0.1) is 5.92 Å². The summed E-state index contributed by atoms with van der Waals surface area (Å²) in [7, 11) is 0. The molecule has 0 bridgehead atoms. The molecule has 0 spiro atoms. The van der Waals surface area contributed by atoms with Gasteiger partial charge in [0.15, 0.2) is 0 Å². The van der Waals surface area contributed by atoms with Gasteiger partial charge in [-0.15, -0.1) is 0 Å². The molecule has 0 saturated carbocycles. The highest BCUT2D eigenvalue weighted by atomic mass is 16.4. The van der Waals surface area contributed by atoms with E-state index in [1.54, 1.807) is 12.1 Å². The highest BCUT2D eigenvalue weighted by molar-refractivity contribution is 6.00. The molecular weight excluding hydrogens is 244 g/mol. The molecule has 2 aliphatic rings. The minimum absolute atomic E-state index is 0.00636. The Labute approximate surface area is 110 Å². The van der Waals surface area contributed by atoms with Crippen LogP contribution >= 0.6 is 0 Å². The second-order valence-electron chi connectivity index (χ2n) is 4.95. The number of rotatable bonds is 2. The summed E-state index contributed by atoms with van der Waals surface area (Å²) in [5.41, 5.74) is 7.22. The molecule has 5 heteroatoms. The lowest BCUT2D eigenvalue weighted by atomic mass is 9.78. The predicted octanol–water partition coefficient (Wildman–Crippen LogP) is 1.32. The highest BCUT2D eigenvalue weighted by Crippen LogP contribution is 2.45. The number of para-hydroxylation sites is 1. The standard InChI is InChI=1S/C14H14N2O3/c15-13(17)10-6-2-4-8-7-3-1-5-9(7)12(14(18)19)16-11(8)10/h1-4,6-7,9,12,16H,5H2,(H2,15,17)(H,18,19)/t7-,9-,12-/m0/s1. The number of carboxylic acid groups (broad SMARTS) is 1. The Hall–Kier alpha value is -2.30. The molecule has 3 rings (SSSR count). The molecule has 1 aromatic carbocycles. The second kappa shape index (κ2) is 4.12. The van der Waals surface area contributed by atoms with Crippen LogP contribution in [0.15, 0.2) is 30.4 Å². The molecule has 1 aliphatic heterocycles. The molecule has 0 aromatic heterocycles. The third-order valence-electron chi connectivity index (χ3n) is 3.93. The largest absolute Gasteiger partial charge is 0.480 e. The van der Waals surface area contributed by atoms with Gasteiger partial charge in [0, 0.05) is 11.8 Å². The number of carboxylic acids is 1. The molecule has 0 fully saturated rings. The SMILES string of the molecule is NC(=O)c1cccc2c1N[C@H](C(=O)O)[C@H]1CC=C[C@@H]21. The van der Waals surface area contributed by atoms with Crippen LogP contribution in [-0.4, -0.2) is 23.0 Å². The topological polar surface area (TPSA) is 92.4 Å². The molecule has 4 N–H and O–H groups in total. The van der Waals surface area contributed by atoms with Crippen LogP contribution < -0.4 is 11.1 Å². The molecule has 0 saturated heterocycles. The van der Waals surface area contributed by atoms with Crippen LogP contribution in [0.25, 0.3) is 0 Å². The summed E-state index contributed by atoms with van der Waals surface area (Å²) in [5, 5.41) is 12.3. The van der Waals surface area contributed by atoms with Crippen molar-refractivity contribution < 1.29 is 14.7 Å². The predicted molar refractivity (Wildman–Crippen MR) is 70.0 cm³/mol. The molecule has 1 heterocycles. The van der Waals surface area contributed by atoms with E-state index in [1.165, 1.54) is 0 Å². The smallest absolute Gasteiger partial charge is 0.326 e. The minimum Gasteiger partial charge on any atom is -0.480 e. The van der Waals surface area contributed by atoms with Crippen molar-refractivity contribution in [3.8, 4) is 0 Å². The van der Waals surface area contributed by atoms with Crippen molar-refractivity contribution in [1.29, 1.82) is 0 Å². The molecular formula is C14H14N2O3. The van der Waals surface area contributed by atoms with Gasteiger partial charge < -0.3 is 16.2 Å². The maximum Gasteiger partial charge on any atom is 0.326 e. The average Bonchev–Trinajstić information content (AvgIpc) is 2.85. The van der Waals surface area contributed by atoms with Crippen LogP contribution in [0.1, 0.15) is 28.3 Å². The van der Waals surface area contributed by atoms with Gasteiger partial charge in [-0.25, -0.2) is 4.79 Å². The fraction of sp³-hybridized carbons (Fsp3) is 0.286. The number of nitrogens with two attached hydrogens (primary N) is 1. The van der Waals surface area contributed by atoms with E-state index in [-0.39, 0.29) is 11.8 Å². The zero-order valence-corrected chi connectivity index (χ0v) is 10.2. The quantitative estimate of drug-likeness (QED) is 0.698. The van der Waals surface area contributed by atoms with E-state index in [0.717, 1.165) is 12.0 Å². The van der Waals surface area contributed by atoms with Gasteiger partial charge in [0.05, 0.1) is 11.3 Å². The summed E-state index contributed by atoms with van der Waals surface area (Å²) in [6.45, 7) is 0. The lowest BCUT2D eigenvalue weighted by Crippen LogP contribution is -2.42. The van der Waals surface area contributed by atoms with Gasteiger partial charge in [-0.1, -0.05) is 24.3 Å². The van der Waals surface area contributed by atoms with Crippen LogP contribution in [0.3, 0.4) is 0 Å². The fourth-order valence-electron chi connectivity index (χ4n) is 3.07. The van der Waals surface area contributed by atoms with Gasteiger partial charge in [-0.3, -0.25) is 4.79 Å². The molecule has 98 valence electrons. The average molecular weight is 258 g/mol. The van der Waals surface area contributed by atoms with Crippen molar-refractivity contribution in [2.45, 2.75) is 18.4 Å². The number of carbonyl (C=O) groups excluding carboxylic acids is 1. The number of carbonyl (C=O) groups is 2. The van der Waals surface area contributed by atoms with Crippen LogP contribution in [0.5, 0.6) is 0 Å². The Morgan fingerprint density at radius 3 is 2.84 bits per heavy atom. The summed E-state index contributed by atoms with van der Waals surface area (Å²) in [6, 6.07) is 4.63. The number of primary amides is 1. The number of hydrogen-bond donors (Lipinski definition) is 3. The normalized spacial score (nSPS) is 27.3. The summed E-state index contributed by atoms with van der Waals surface area (Å²) in [6.07, 6.45) is 4.75. The fourth-order valence-corrected chi connectivity index (χ4v) is 3.07. The lowest BCUT2D eigenvalue weighted by molar-refractivity contribution is -0.139. The first-order valence-corrected chi connectivity index (χ1v) is 6.18. The molecule has 1 aromatic rings. The van der Waals surface area contributed by atoms with Gasteiger partial charge in [0.25, 0.3) is 5.91 Å².